The lowest BCUT2D eigenvalue weighted by Gasteiger charge is -2.13. The molecule has 2 aromatic carbocycles. The molecular weight excluding hydrogens is 356 g/mol. The normalized spacial score (nSPS) is 9.69. The number of ether oxygens (including phenoxy) is 1. The van der Waals surface area contributed by atoms with Gasteiger partial charge in [0.15, 0.2) is 6.61 Å². The summed E-state index contributed by atoms with van der Waals surface area (Å²) in [5.74, 6) is -0.453. The van der Waals surface area contributed by atoms with Crippen molar-refractivity contribution in [3.8, 4) is 5.75 Å². The van der Waals surface area contributed by atoms with E-state index in [1.807, 2.05) is 6.07 Å². The van der Waals surface area contributed by atoms with E-state index in [1.54, 1.807) is 42.5 Å². The van der Waals surface area contributed by atoms with Gasteiger partial charge in [-0.25, -0.2) is 0 Å². The van der Waals surface area contributed by atoms with Gasteiger partial charge in [-0.3, -0.25) is 15.0 Å². The van der Waals surface area contributed by atoms with E-state index in [0.29, 0.717) is 29.8 Å². The van der Waals surface area contributed by atoms with Crippen molar-refractivity contribution in [3.63, 3.8) is 0 Å². The van der Waals surface area contributed by atoms with Crippen LogP contribution in [0.2, 0.25) is 0 Å². The van der Waals surface area contributed by atoms with Crippen LogP contribution in [0.4, 0.5) is 0 Å². The van der Waals surface area contributed by atoms with Gasteiger partial charge in [-0.05, 0) is 30.2 Å². The van der Waals surface area contributed by atoms with Gasteiger partial charge >= 0.3 is 0 Å². The van der Waals surface area contributed by atoms with Crippen LogP contribution in [-0.4, -0.2) is 30.8 Å². The molecule has 0 heterocycles. The van der Waals surface area contributed by atoms with Crippen molar-refractivity contribution in [3.05, 3.63) is 65.2 Å². The average molecular weight is 377 g/mol. The first-order valence-corrected chi connectivity index (χ1v) is 7.69. The molecule has 2 amide bonds. The molecule has 0 unspecified atom stereocenters. The highest BCUT2D eigenvalue weighted by molar-refractivity contribution is 5.95. The fourth-order valence-corrected chi connectivity index (χ4v) is 2.21. The van der Waals surface area contributed by atoms with Crippen LogP contribution in [-0.2, 0) is 11.2 Å². The van der Waals surface area contributed by atoms with Crippen molar-refractivity contribution in [1.29, 1.82) is 5.41 Å². The third-order valence-electron chi connectivity index (χ3n) is 3.46. The minimum absolute atomic E-state index is 0. The summed E-state index contributed by atoms with van der Waals surface area (Å²) in [7, 11) is 0. The number of amidine groups is 1. The lowest BCUT2D eigenvalue weighted by molar-refractivity contribution is -0.119. The Morgan fingerprint density at radius 3 is 2.35 bits per heavy atom. The topological polar surface area (TPSA) is 131 Å². The molecule has 2 rings (SSSR count). The number of benzene rings is 2. The molecule has 0 atom stereocenters. The fraction of sp³-hybridized carbons (Fsp3) is 0.167. The number of rotatable bonds is 8. The molecule has 8 heteroatoms. The fourth-order valence-electron chi connectivity index (χ4n) is 2.21. The van der Waals surface area contributed by atoms with Gasteiger partial charge < -0.3 is 21.5 Å². The van der Waals surface area contributed by atoms with Crippen LogP contribution in [0, 0.1) is 5.41 Å². The lowest BCUT2D eigenvalue weighted by atomic mass is 10.1. The highest BCUT2D eigenvalue weighted by Gasteiger charge is 2.10. The van der Waals surface area contributed by atoms with Crippen molar-refractivity contribution in [2.24, 2.45) is 11.5 Å². The molecule has 0 saturated heterocycles. The number of carbonyl (C=O) groups excluding carboxylic acids is 2. The number of nitrogen functional groups attached to an aromatic ring is 1. The third kappa shape index (κ3) is 6.10. The van der Waals surface area contributed by atoms with E-state index in [4.69, 9.17) is 21.6 Å². The van der Waals surface area contributed by atoms with E-state index in [1.165, 1.54) is 0 Å². The van der Waals surface area contributed by atoms with E-state index in [0.717, 1.165) is 5.56 Å². The minimum Gasteiger partial charge on any atom is -0.483 e. The van der Waals surface area contributed by atoms with Gasteiger partial charge in [-0.2, -0.15) is 0 Å². The molecule has 0 aliphatic rings. The third-order valence-corrected chi connectivity index (χ3v) is 3.46. The second-order valence-electron chi connectivity index (χ2n) is 5.36. The van der Waals surface area contributed by atoms with Crippen molar-refractivity contribution in [2.45, 2.75) is 6.42 Å². The number of amides is 2. The van der Waals surface area contributed by atoms with Crippen LogP contribution in [0.5, 0.6) is 5.75 Å². The standard InChI is InChI=1S/C18H20N4O3.ClH/c19-16(23)11-25-15-10-14(17(20)21)7-6-12(15)8-9-22-18(24)13-4-2-1-3-5-13;/h1-7,10H,8-9,11H2,(H2,19,23)(H3,20,21)(H,22,24);1H. The highest BCUT2D eigenvalue weighted by atomic mass is 35.5. The summed E-state index contributed by atoms with van der Waals surface area (Å²) in [5, 5.41) is 10.3. The van der Waals surface area contributed by atoms with Crippen LogP contribution < -0.4 is 21.5 Å². The van der Waals surface area contributed by atoms with Gasteiger partial charge in [0.25, 0.3) is 11.8 Å². The number of hydrogen-bond donors (Lipinski definition) is 4. The van der Waals surface area contributed by atoms with E-state index < -0.39 is 5.91 Å². The van der Waals surface area contributed by atoms with E-state index >= 15 is 0 Å². The van der Waals surface area contributed by atoms with Crippen LogP contribution >= 0.6 is 12.4 Å². The summed E-state index contributed by atoms with van der Waals surface area (Å²) in [6, 6.07) is 13.9. The molecule has 0 radical (unpaired) electrons. The van der Waals surface area contributed by atoms with Crippen molar-refractivity contribution >= 4 is 30.1 Å². The molecule has 6 N–H and O–H groups in total. The first kappa shape index (κ1) is 21.0. The molecule has 0 bridgehead atoms. The number of halogens is 1. The smallest absolute Gasteiger partial charge is 0.255 e. The lowest BCUT2D eigenvalue weighted by Crippen LogP contribution is -2.26. The van der Waals surface area contributed by atoms with Crippen molar-refractivity contribution in [2.75, 3.05) is 13.2 Å². The van der Waals surface area contributed by atoms with Gasteiger partial charge in [0, 0.05) is 17.7 Å². The van der Waals surface area contributed by atoms with Gasteiger partial charge in [0.2, 0.25) is 0 Å². The molecule has 7 nitrogen and oxygen atoms in total. The summed E-state index contributed by atoms with van der Waals surface area (Å²) in [6.07, 6.45) is 0.491. The first-order valence-electron chi connectivity index (χ1n) is 7.69. The monoisotopic (exact) mass is 376 g/mol. The molecule has 0 aromatic heterocycles. The Kier molecular flexibility index (Phi) is 8.11. The summed E-state index contributed by atoms with van der Waals surface area (Å²) >= 11 is 0. The molecule has 26 heavy (non-hydrogen) atoms. The summed E-state index contributed by atoms with van der Waals surface area (Å²) in [4.78, 5) is 23.0. The largest absolute Gasteiger partial charge is 0.483 e. The van der Waals surface area contributed by atoms with Gasteiger partial charge in [-0.1, -0.05) is 30.3 Å². The molecule has 0 spiro atoms. The number of nitrogens with one attached hydrogen (secondary N) is 2. The summed E-state index contributed by atoms with van der Waals surface area (Å²) < 4.78 is 5.39. The van der Waals surface area contributed by atoms with Crippen LogP contribution in [0.15, 0.2) is 48.5 Å². The van der Waals surface area contributed by atoms with Crippen LogP contribution in [0.25, 0.3) is 0 Å². The van der Waals surface area contributed by atoms with Crippen molar-refractivity contribution in [1.82, 2.24) is 5.32 Å². The summed E-state index contributed by atoms with van der Waals surface area (Å²) in [6.45, 7) is 0.116. The maximum Gasteiger partial charge on any atom is 0.255 e. The van der Waals surface area contributed by atoms with E-state index in [-0.39, 0.29) is 30.8 Å². The average Bonchev–Trinajstić information content (AvgIpc) is 2.61. The second kappa shape index (κ2) is 10.0. The maximum absolute atomic E-state index is 12.0. The molecule has 138 valence electrons. The number of nitrogens with two attached hydrogens (primary N) is 2. The Balaban J connectivity index is 0.00000338. The van der Waals surface area contributed by atoms with Gasteiger partial charge in [0.05, 0.1) is 0 Å². The molecule has 0 aliphatic carbocycles. The zero-order valence-corrected chi connectivity index (χ0v) is 14.8. The Labute approximate surface area is 157 Å². The predicted molar refractivity (Wildman–Crippen MR) is 102 cm³/mol. The van der Waals surface area contributed by atoms with E-state index in [2.05, 4.69) is 5.32 Å². The zero-order chi connectivity index (χ0) is 18.2. The van der Waals surface area contributed by atoms with Crippen LogP contribution in [0.1, 0.15) is 21.5 Å². The number of hydrogen-bond acceptors (Lipinski definition) is 4. The second-order valence-corrected chi connectivity index (χ2v) is 5.36. The summed E-state index contributed by atoms with van der Waals surface area (Å²) in [5.41, 5.74) is 12.4. The number of primary amides is 1. The van der Waals surface area contributed by atoms with Gasteiger partial charge in [0.1, 0.15) is 11.6 Å². The Morgan fingerprint density at radius 2 is 1.73 bits per heavy atom. The highest BCUT2D eigenvalue weighted by Crippen LogP contribution is 2.21. The zero-order valence-electron chi connectivity index (χ0n) is 14.0. The predicted octanol–water partition coefficient (Wildman–Crippen LogP) is 1.23. The SMILES string of the molecule is Cl.N=C(N)c1ccc(CCNC(=O)c2ccccc2)c(OCC(N)=O)c1. The van der Waals surface area contributed by atoms with Gasteiger partial charge in [-0.15, -0.1) is 12.4 Å². The number of carbonyl (C=O) groups is 2. The first-order chi connectivity index (χ1) is 12.0. The molecule has 0 saturated carbocycles. The maximum atomic E-state index is 12.0. The molecule has 0 fully saturated rings. The Bertz CT molecular complexity index is 781. The van der Waals surface area contributed by atoms with E-state index in [9.17, 15) is 9.59 Å². The Morgan fingerprint density at radius 1 is 1.04 bits per heavy atom. The van der Waals surface area contributed by atoms with Crippen molar-refractivity contribution < 1.29 is 14.3 Å². The molecular formula is C18H21ClN4O3. The molecule has 2 aromatic rings. The van der Waals surface area contributed by atoms with Crippen LogP contribution in [0.3, 0.4) is 0 Å². The minimum atomic E-state index is -0.600. The quantitative estimate of drug-likeness (QED) is 0.407. The Hall–Kier alpha value is -3.06. The molecule has 0 aliphatic heterocycles.